The molecule has 1 heterocycles. The molecule has 0 spiro atoms. The Morgan fingerprint density at radius 3 is 2.58 bits per heavy atom. The Labute approximate surface area is 139 Å². The van der Waals surface area contributed by atoms with Crippen LogP contribution in [-0.2, 0) is 26.3 Å². The monoisotopic (exact) mass is 338 g/mol. The van der Waals surface area contributed by atoms with E-state index in [0.29, 0.717) is 18.1 Å². The van der Waals surface area contributed by atoms with Gasteiger partial charge in [-0.15, -0.1) is 0 Å². The van der Waals surface area contributed by atoms with Crippen molar-refractivity contribution in [3.05, 3.63) is 59.4 Å². The van der Waals surface area contributed by atoms with Crippen LogP contribution >= 0.6 is 0 Å². The molecule has 1 aromatic heterocycles. The molecule has 24 heavy (non-hydrogen) atoms. The number of benzene rings is 1. The molecule has 0 unspecified atom stereocenters. The van der Waals surface area contributed by atoms with Gasteiger partial charge in [0, 0.05) is 39.6 Å². The summed E-state index contributed by atoms with van der Waals surface area (Å²) in [6, 6.07) is 9.26. The molecule has 0 saturated heterocycles. The number of guanidine groups is 1. The third-order valence-electron chi connectivity index (χ3n) is 3.73. The van der Waals surface area contributed by atoms with Crippen LogP contribution in [0.25, 0.3) is 0 Å². The van der Waals surface area contributed by atoms with E-state index < -0.39 is 11.7 Å². The maximum atomic E-state index is 12.8. The zero-order valence-electron chi connectivity index (χ0n) is 13.9. The van der Waals surface area contributed by atoms with Crippen molar-refractivity contribution < 1.29 is 13.2 Å². The van der Waals surface area contributed by atoms with Crippen LogP contribution in [0.15, 0.2) is 47.6 Å². The molecule has 1 N–H and O–H groups in total. The van der Waals surface area contributed by atoms with Crippen LogP contribution in [0, 0.1) is 0 Å². The summed E-state index contributed by atoms with van der Waals surface area (Å²) in [5.74, 6) is 0.619. The van der Waals surface area contributed by atoms with Gasteiger partial charge in [-0.2, -0.15) is 13.2 Å². The molecule has 0 bridgehead atoms. The number of nitrogens with zero attached hydrogens (tertiary/aromatic N) is 3. The Morgan fingerprint density at radius 2 is 2.00 bits per heavy atom. The number of aromatic nitrogens is 1. The second-order valence-corrected chi connectivity index (χ2v) is 5.57. The Hall–Kier alpha value is -2.44. The first-order chi connectivity index (χ1) is 11.3. The number of alkyl halides is 3. The van der Waals surface area contributed by atoms with Crippen molar-refractivity contribution in [2.75, 3.05) is 14.1 Å². The Bertz CT molecular complexity index is 704. The molecule has 130 valence electrons. The van der Waals surface area contributed by atoms with Crippen molar-refractivity contribution in [2.24, 2.45) is 12.0 Å². The smallest absolute Gasteiger partial charge is 0.353 e. The van der Waals surface area contributed by atoms with E-state index in [1.165, 1.54) is 6.07 Å². The topological polar surface area (TPSA) is 32.6 Å². The van der Waals surface area contributed by atoms with Gasteiger partial charge in [0.05, 0.1) is 12.1 Å². The highest BCUT2D eigenvalue weighted by Gasteiger charge is 2.30. The summed E-state index contributed by atoms with van der Waals surface area (Å²) in [6.45, 7) is 0.917. The van der Waals surface area contributed by atoms with E-state index in [2.05, 4.69) is 10.3 Å². The predicted molar refractivity (Wildman–Crippen MR) is 88.5 cm³/mol. The highest BCUT2D eigenvalue weighted by atomic mass is 19.4. The maximum Gasteiger partial charge on any atom is 0.416 e. The lowest BCUT2D eigenvalue weighted by atomic mass is 10.1. The molecule has 2 aromatic rings. The molecule has 0 amide bonds. The van der Waals surface area contributed by atoms with Gasteiger partial charge >= 0.3 is 6.18 Å². The summed E-state index contributed by atoms with van der Waals surface area (Å²) < 4.78 is 40.3. The van der Waals surface area contributed by atoms with Crippen LogP contribution in [-0.4, -0.2) is 29.5 Å². The molecule has 1 aromatic carbocycles. The average molecular weight is 338 g/mol. The van der Waals surface area contributed by atoms with Gasteiger partial charge in [0.2, 0.25) is 0 Å². The van der Waals surface area contributed by atoms with Gasteiger partial charge in [-0.05, 0) is 29.8 Å². The van der Waals surface area contributed by atoms with Gasteiger partial charge in [0.15, 0.2) is 5.96 Å². The Kier molecular flexibility index (Phi) is 5.54. The maximum absolute atomic E-state index is 12.8. The number of aryl methyl sites for hydroxylation is 1. The van der Waals surface area contributed by atoms with Crippen LogP contribution in [0.1, 0.15) is 16.8 Å². The lowest BCUT2D eigenvalue weighted by Crippen LogP contribution is -2.38. The highest BCUT2D eigenvalue weighted by Crippen LogP contribution is 2.29. The minimum atomic E-state index is -4.33. The molecule has 0 aliphatic rings. The number of rotatable bonds is 4. The number of halogens is 3. The quantitative estimate of drug-likeness (QED) is 0.686. The van der Waals surface area contributed by atoms with Crippen molar-refractivity contribution in [2.45, 2.75) is 19.3 Å². The molecule has 0 saturated carbocycles. The van der Waals surface area contributed by atoms with E-state index in [4.69, 9.17) is 0 Å². The highest BCUT2D eigenvalue weighted by molar-refractivity contribution is 5.79. The molecular weight excluding hydrogens is 317 g/mol. The Balaban J connectivity index is 2.00. The standard InChI is InChI=1S/C17H21F3N4/c1-21-16(24(3)12-15-8-5-9-23(15)2)22-11-13-6-4-7-14(10-13)17(18,19)20/h4-10H,11-12H2,1-3H3,(H,21,22). The van der Waals surface area contributed by atoms with Crippen molar-refractivity contribution >= 4 is 5.96 Å². The van der Waals surface area contributed by atoms with Gasteiger partial charge in [0.1, 0.15) is 0 Å². The minimum absolute atomic E-state index is 0.272. The zero-order chi connectivity index (χ0) is 17.7. The summed E-state index contributed by atoms with van der Waals surface area (Å²) in [5, 5.41) is 3.10. The van der Waals surface area contributed by atoms with Gasteiger partial charge < -0.3 is 14.8 Å². The van der Waals surface area contributed by atoms with Crippen LogP contribution in [0.5, 0.6) is 0 Å². The molecule has 0 radical (unpaired) electrons. The van der Waals surface area contributed by atoms with Crippen LogP contribution < -0.4 is 5.32 Å². The van der Waals surface area contributed by atoms with Crippen molar-refractivity contribution in [3.8, 4) is 0 Å². The molecule has 0 fully saturated rings. The van der Waals surface area contributed by atoms with Crippen LogP contribution in [0.4, 0.5) is 13.2 Å². The summed E-state index contributed by atoms with van der Waals surface area (Å²) >= 11 is 0. The third kappa shape index (κ3) is 4.53. The summed E-state index contributed by atoms with van der Waals surface area (Å²) in [7, 11) is 5.49. The van der Waals surface area contributed by atoms with Crippen molar-refractivity contribution in [3.63, 3.8) is 0 Å². The number of nitrogens with one attached hydrogen (secondary N) is 1. The number of aliphatic imine (C=N–C) groups is 1. The molecule has 0 aliphatic carbocycles. The number of hydrogen-bond acceptors (Lipinski definition) is 1. The van der Waals surface area contributed by atoms with E-state index in [1.807, 2.05) is 41.9 Å². The predicted octanol–water partition coefficient (Wildman–Crippen LogP) is 3.25. The first-order valence-corrected chi connectivity index (χ1v) is 7.49. The van der Waals surface area contributed by atoms with Gasteiger partial charge in [-0.3, -0.25) is 4.99 Å². The number of hydrogen-bond donors (Lipinski definition) is 1. The average Bonchev–Trinajstić information content (AvgIpc) is 2.92. The third-order valence-corrected chi connectivity index (χ3v) is 3.73. The fourth-order valence-electron chi connectivity index (χ4n) is 2.40. The van der Waals surface area contributed by atoms with Crippen molar-refractivity contribution in [1.29, 1.82) is 0 Å². The molecule has 2 rings (SSSR count). The second kappa shape index (κ2) is 7.42. The van der Waals surface area contributed by atoms with E-state index in [1.54, 1.807) is 13.1 Å². The normalized spacial score (nSPS) is 12.3. The first kappa shape index (κ1) is 17.9. The van der Waals surface area contributed by atoms with Crippen molar-refractivity contribution in [1.82, 2.24) is 14.8 Å². The Morgan fingerprint density at radius 1 is 1.25 bits per heavy atom. The van der Waals surface area contributed by atoms with Crippen LogP contribution in [0.2, 0.25) is 0 Å². The second-order valence-electron chi connectivity index (χ2n) is 5.57. The summed E-state index contributed by atoms with van der Waals surface area (Å²) in [6.07, 6.45) is -2.37. The van der Waals surface area contributed by atoms with E-state index >= 15 is 0 Å². The fourth-order valence-corrected chi connectivity index (χ4v) is 2.40. The lowest BCUT2D eigenvalue weighted by molar-refractivity contribution is -0.137. The van der Waals surface area contributed by atoms with Gasteiger partial charge in [-0.25, -0.2) is 0 Å². The first-order valence-electron chi connectivity index (χ1n) is 7.49. The van der Waals surface area contributed by atoms with Gasteiger partial charge in [0.25, 0.3) is 0 Å². The minimum Gasteiger partial charge on any atom is -0.353 e. The largest absolute Gasteiger partial charge is 0.416 e. The van der Waals surface area contributed by atoms with E-state index in [-0.39, 0.29) is 6.54 Å². The lowest BCUT2D eigenvalue weighted by Gasteiger charge is -2.22. The molecular formula is C17H21F3N4. The summed E-state index contributed by atoms with van der Waals surface area (Å²) in [4.78, 5) is 6.10. The molecule has 0 atom stereocenters. The van der Waals surface area contributed by atoms with Crippen LogP contribution in [0.3, 0.4) is 0 Å². The van der Waals surface area contributed by atoms with E-state index in [0.717, 1.165) is 17.8 Å². The SMILES string of the molecule is CN=C(NCc1cccc(C(F)(F)F)c1)N(C)Cc1cccn1C. The molecule has 4 nitrogen and oxygen atoms in total. The zero-order valence-corrected chi connectivity index (χ0v) is 13.9. The molecule has 7 heteroatoms. The summed E-state index contributed by atoms with van der Waals surface area (Å²) in [5.41, 5.74) is 1.02. The van der Waals surface area contributed by atoms with Gasteiger partial charge in [-0.1, -0.05) is 12.1 Å². The molecule has 0 aliphatic heterocycles. The van der Waals surface area contributed by atoms with E-state index in [9.17, 15) is 13.2 Å². The fraction of sp³-hybridized carbons (Fsp3) is 0.353.